The standard InChI is InChI=1S/C28H54O3/c1-3-5-7-8-9-10-11-12-13-14-15-16-17-18-19-20-21-22-23-27(28(29)30)24-26-31-25-6-4-2/h12-13,27H,3-11,14-26H2,1-2H3,(H,29,30)/b13-12-. The van der Waals surface area contributed by atoms with E-state index < -0.39 is 5.97 Å². The molecule has 1 unspecified atom stereocenters. The van der Waals surface area contributed by atoms with Crippen molar-refractivity contribution in [1.29, 1.82) is 0 Å². The second-order valence-electron chi connectivity index (χ2n) is 9.22. The summed E-state index contributed by atoms with van der Waals surface area (Å²) >= 11 is 0. The minimum atomic E-state index is -0.653. The molecule has 0 amide bonds. The molecule has 0 aliphatic carbocycles. The van der Waals surface area contributed by atoms with Crippen LogP contribution in [0.15, 0.2) is 12.2 Å². The Morgan fingerprint density at radius 1 is 0.645 bits per heavy atom. The van der Waals surface area contributed by atoms with Crippen molar-refractivity contribution in [3.8, 4) is 0 Å². The van der Waals surface area contributed by atoms with Crippen LogP contribution in [0.5, 0.6) is 0 Å². The van der Waals surface area contributed by atoms with E-state index in [1.165, 1.54) is 96.3 Å². The number of ether oxygens (including phenoxy) is 1. The van der Waals surface area contributed by atoms with Gasteiger partial charge < -0.3 is 9.84 Å². The van der Waals surface area contributed by atoms with Crippen molar-refractivity contribution in [3.05, 3.63) is 12.2 Å². The number of carboxylic acids is 1. The summed E-state index contributed by atoms with van der Waals surface area (Å²) < 4.78 is 5.53. The van der Waals surface area contributed by atoms with Crippen molar-refractivity contribution in [3.63, 3.8) is 0 Å². The Hall–Kier alpha value is -0.830. The van der Waals surface area contributed by atoms with E-state index in [9.17, 15) is 9.90 Å². The Bertz CT molecular complexity index is 392. The smallest absolute Gasteiger partial charge is 0.306 e. The largest absolute Gasteiger partial charge is 0.481 e. The summed E-state index contributed by atoms with van der Waals surface area (Å²) in [5.74, 6) is -0.879. The van der Waals surface area contributed by atoms with Gasteiger partial charge in [-0.15, -0.1) is 0 Å². The maximum Gasteiger partial charge on any atom is 0.306 e. The Labute approximate surface area is 194 Å². The minimum absolute atomic E-state index is 0.226. The highest BCUT2D eigenvalue weighted by atomic mass is 16.5. The lowest BCUT2D eigenvalue weighted by atomic mass is 9.97. The SMILES string of the molecule is CCCCCCCC/C=C\CCCCCCCCCCC(CCOCCCC)C(=O)O. The van der Waals surface area contributed by atoms with Crippen LogP contribution in [0.2, 0.25) is 0 Å². The molecule has 31 heavy (non-hydrogen) atoms. The summed E-state index contributed by atoms with van der Waals surface area (Å²) in [6.45, 7) is 5.76. The van der Waals surface area contributed by atoms with Crippen LogP contribution >= 0.6 is 0 Å². The second-order valence-corrected chi connectivity index (χ2v) is 9.22. The molecule has 0 bridgehead atoms. The Morgan fingerprint density at radius 3 is 1.65 bits per heavy atom. The summed E-state index contributed by atoms with van der Waals surface area (Å²) in [6.07, 6.45) is 29.4. The van der Waals surface area contributed by atoms with Gasteiger partial charge >= 0.3 is 5.97 Å². The minimum Gasteiger partial charge on any atom is -0.481 e. The van der Waals surface area contributed by atoms with Crippen LogP contribution in [-0.4, -0.2) is 24.3 Å². The van der Waals surface area contributed by atoms with Crippen molar-refractivity contribution in [2.45, 2.75) is 142 Å². The molecule has 0 aromatic carbocycles. The summed E-state index contributed by atoms with van der Waals surface area (Å²) in [5.41, 5.74) is 0. The first-order chi connectivity index (χ1) is 15.2. The lowest BCUT2D eigenvalue weighted by Gasteiger charge is -2.12. The number of aliphatic carboxylic acids is 1. The van der Waals surface area contributed by atoms with Crippen LogP contribution in [0.25, 0.3) is 0 Å². The van der Waals surface area contributed by atoms with E-state index in [2.05, 4.69) is 26.0 Å². The van der Waals surface area contributed by atoms with Gasteiger partial charge in [-0.1, -0.05) is 109 Å². The molecule has 0 heterocycles. The number of allylic oxidation sites excluding steroid dienone is 2. The molecule has 0 radical (unpaired) electrons. The molecule has 3 heteroatoms. The Morgan fingerprint density at radius 2 is 1.13 bits per heavy atom. The molecule has 0 aliphatic heterocycles. The van der Waals surface area contributed by atoms with Gasteiger partial charge in [0.05, 0.1) is 5.92 Å². The third-order valence-corrected chi connectivity index (χ3v) is 6.17. The van der Waals surface area contributed by atoms with E-state index in [4.69, 9.17) is 4.74 Å². The van der Waals surface area contributed by atoms with Crippen LogP contribution in [0.1, 0.15) is 142 Å². The van der Waals surface area contributed by atoms with Crippen LogP contribution in [0, 0.1) is 5.92 Å². The number of carboxylic acid groups (broad SMARTS) is 1. The Kier molecular flexibility index (Phi) is 24.7. The van der Waals surface area contributed by atoms with Crippen molar-refractivity contribution >= 4 is 5.97 Å². The maximum absolute atomic E-state index is 11.4. The number of rotatable bonds is 25. The fraction of sp³-hybridized carbons (Fsp3) is 0.893. The molecule has 0 aromatic heterocycles. The topological polar surface area (TPSA) is 46.5 Å². The molecule has 184 valence electrons. The molecular formula is C28H54O3. The van der Waals surface area contributed by atoms with Gasteiger partial charge in [0.2, 0.25) is 0 Å². The van der Waals surface area contributed by atoms with E-state index in [1.54, 1.807) is 0 Å². The predicted molar refractivity (Wildman–Crippen MR) is 135 cm³/mol. The number of hydrogen-bond acceptors (Lipinski definition) is 2. The monoisotopic (exact) mass is 438 g/mol. The van der Waals surface area contributed by atoms with E-state index in [-0.39, 0.29) is 5.92 Å². The summed E-state index contributed by atoms with van der Waals surface area (Å²) in [7, 11) is 0. The molecule has 0 saturated carbocycles. The van der Waals surface area contributed by atoms with Gasteiger partial charge in [-0.05, 0) is 44.9 Å². The van der Waals surface area contributed by atoms with Gasteiger partial charge in [-0.2, -0.15) is 0 Å². The fourth-order valence-electron chi connectivity index (χ4n) is 3.96. The van der Waals surface area contributed by atoms with E-state index in [1.807, 2.05) is 0 Å². The van der Waals surface area contributed by atoms with Crippen LogP contribution in [-0.2, 0) is 9.53 Å². The van der Waals surface area contributed by atoms with Crippen LogP contribution < -0.4 is 0 Å². The second kappa shape index (κ2) is 25.4. The number of carbonyl (C=O) groups is 1. The molecule has 3 nitrogen and oxygen atoms in total. The number of unbranched alkanes of at least 4 members (excludes halogenated alkanes) is 15. The van der Waals surface area contributed by atoms with Gasteiger partial charge in [0.1, 0.15) is 0 Å². The van der Waals surface area contributed by atoms with Crippen molar-refractivity contribution < 1.29 is 14.6 Å². The van der Waals surface area contributed by atoms with E-state index >= 15 is 0 Å². The fourth-order valence-corrected chi connectivity index (χ4v) is 3.96. The quantitative estimate of drug-likeness (QED) is 0.114. The van der Waals surface area contributed by atoms with Crippen LogP contribution in [0.3, 0.4) is 0 Å². The zero-order valence-corrected chi connectivity index (χ0v) is 21.1. The molecule has 0 fully saturated rings. The summed E-state index contributed by atoms with van der Waals surface area (Å²) in [4.78, 5) is 11.4. The average molecular weight is 439 g/mol. The molecule has 0 rings (SSSR count). The lowest BCUT2D eigenvalue weighted by molar-refractivity contribution is -0.142. The molecule has 1 atom stereocenters. The summed E-state index contributed by atoms with van der Waals surface area (Å²) in [5, 5.41) is 9.36. The third kappa shape index (κ3) is 23.7. The highest BCUT2D eigenvalue weighted by Crippen LogP contribution is 2.17. The van der Waals surface area contributed by atoms with Crippen molar-refractivity contribution in [2.24, 2.45) is 5.92 Å². The predicted octanol–water partition coefficient (Wildman–Crippen LogP) is 9.10. The Balaban J connectivity index is 3.37. The number of hydrogen-bond donors (Lipinski definition) is 1. The van der Waals surface area contributed by atoms with Crippen LogP contribution in [0.4, 0.5) is 0 Å². The molecule has 0 saturated heterocycles. The molecule has 0 aliphatic rings. The van der Waals surface area contributed by atoms with Crippen molar-refractivity contribution in [1.82, 2.24) is 0 Å². The highest BCUT2D eigenvalue weighted by Gasteiger charge is 2.16. The first-order valence-corrected chi connectivity index (χ1v) is 13.7. The normalized spacial score (nSPS) is 12.6. The molecular weight excluding hydrogens is 384 g/mol. The first-order valence-electron chi connectivity index (χ1n) is 13.7. The maximum atomic E-state index is 11.4. The van der Waals surface area contributed by atoms with Gasteiger partial charge in [-0.25, -0.2) is 0 Å². The van der Waals surface area contributed by atoms with Gasteiger partial charge in [0, 0.05) is 13.2 Å². The zero-order chi connectivity index (χ0) is 22.8. The summed E-state index contributed by atoms with van der Waals surface area (Å²) in [6, 6.07) is 0. The lowest BCUT2D eigenvalue weighted by Crippen LogP contribution is -2.16. The van der Waals surface area contributed by atoms with Gasteiger partial charge in [0.25, 0.3) is 0 Å². The van der Waals surface area contributed by atoms with E-state index in [0.717, 1.165) is 32.3 Å². The zero-order valence-electron chi connectivity index (χ0n) is 21.1. The molecule has 0 spiro atoms. The average Bonchev–Trinajstić information content (AvgIpc) is 2.76. The van der Waals surface area contributed by atoms with Gasteiger partial charge in [0.15, 0.2) is 0 Å². The van der Waals surface area contributed by atoms with Gasteiger partial charge in [-0.3, -0.25) is 4.79 Å². The van der Waals surface area contributed by atoms with Crippen molar-refractivity contribution in [2.75, 3.05) is 13.2 Å². The first kappa shape index (κ1) is 30.2. The highest BCUT2D eigenvalue weighted by molar-refractivity contribution is 5.69. The van der Waals surface area contributed by atoms with E-state index in [0.29, 0.717) is 13.0 Å². The molecule has 0 aromatic rings. The molecule has 1 N–H and O–H groups in total. The third-order valence-electron chi connectivity index (χ3n) is 6.17.